The maximum Gasteiger partial charge on any atom is 0.277 e. The van der Waals surface area contributed by atoms with E-state index in [2.05, 4.69) is 10.3 Å². The summed E-state index contributed by atoms with van der Waals surface area (Å²) in [6.45, 7) is 3.79. The molecule has 1 aliphatic carbocycles. The Kier molecular flexibility index (Phi) is 6.45. The lowest BCUT2D eigenvalue weighted by Gasteiger charge is -2.40. The Morgan fingerprint density at radius 2 is 1.75 bits per heavy atom. The van der Waals surface area contributed by atoms with Gasteiger partial charge in [0.15, 0.2) is 0 Å². The molecule has 1 atom stereocenters. The molecule has 0 saturated heterocycles. The fourth-order valence-corrected chi connectivity index (χ4v) is 3.82. The van der Waals surface area contributed by atoms with E-state index in [1.165, 1.54) is 6.42 Å². The topological polar surface area (TPSA) is 62.3 Å². The highest BCUT2D eigenvalue weighted by atomic mass is 16.2. The average Bonchev–Trinajstić information content (AvgIpc) is 2.75. The molecule has 1 aromatic carbocycles. The van der Waals surface area contributed by atoms with Crippen LogP contribution in [0.25, 0.3) is 0 Å². The minimum absolute atomic E-state index is 0.102. The van der Waals surface area contributed by atoms with Crippen LogP contribution in [0.4, 0.5) is 5.69 Å². The van der Waals surface area contributed by atoms with Crippen molar-refractivity contribution in [2.24, 2.45) is 0 Å². The lowest BCUT2D eigenvalue weighted by atomic mass is 9.90. The first kappa shape index (κ1) is 20.1. The molecular formula is C23H29N3O2. The summed E-state index contributed by atoms with van der Waals surface area (Å²) in [6, 6.07) is 14.8. The zero-order chi connectivity index (χ0) is 20.0. The van der Waals surface area contributed by atoms with Gasteiger partial charge >= 0.3 is 0 Å². The molecule has 3 rings (SSSR count). The van der Waals surface area contributed by atoms with Gasteiger partial charge in [0.1, 0.15) is 11.2 Å². The van der Waals surface area contributed by atoms with Crippen LogP contribution in [0.5, 0.6) is 0 Å². The van der Waals surface area contributed by atoms with Crippen LogP contribution < -0.4 is 10.2 Å². The summed E-state index contributed by atoms with van der Waals surface area (Å²) in [6.07, 6.45) is 7.62. The molecule has 0 radical (unpaired) electrons. The minimum atomic E-state index is -1.01. The van der Waals surface area contributed by atoms with E-state index in [1.807, 2.05) is 44.2 Å². The molecule has 1 fully saturated rings. The molecule has 0 unspecified atom stereocenters. The normalized spacial score (nSPS) is 16.8. The molecule has 1 aromatic heterocycles. The van der Waals surface area contributed by atoms with Crippen LogP contribution in [0.2, 0.25) is 0 Å². The van der Waals surface area contributed by atoms with Crippen LogP contribution in [0.15, 0.2) is 54.7 Å². The molecule has 1 saturated carbocycles. The van der Waals surface area contributed by atoms with Gasteiger partial charge in [0.25, 0.3) is 5.91 Å². The molecule has 1 N–H and O–H groups in total. The summed E-state index contributed by atoms with van der Waals surface area (Å²) in [5.41, 5.74) is 0.0192. The maximum absolute atomic E-state index is 13.4. The molecule has 0 spiro atoms. The fraction of sp³-hybridized carbons (Fsp3) is 0.435. The van der Waals surface area contributed by atoms with Gasteiger partial charge in [0.05, 0.1) is 0 Å². The number of anilines is 1. The van der Waals surface area contributed by atoms with Crippen LogP contribution in [0.3, 0.4) is 0 Å². The number of hydrogen-bond donors (Lipinski definition) is 1. The summed E-state index contributed by atoms with van der Waals surface area (Å²) < 4.78 is 0. The van der Waals surface area contributed by atoms with Crippen molar-refractivity contribution in [1.29, 1.82) is 0 Å². The summed E-state index contributed by atoms with van der Waals surface area (Å²) in [5, 5.41) is 3.21. The van der Waals surface area contributed by atoms with E-state index in [-0.39, 0.29) is 17.9 Å². The number of rotatable bonds is 6. The third-order valence-electron chi connectivity index (χ3n) is 5.71. The van der Waals surface area contributed by atoms with Crippen molar-refractivity contribution in [3.8, 4) is 0 Å². The van der Waals surface area contributed by atoms with Crippen LogP contribution in [-0.4, -0.2) is 28.4 Å². The van der Waals surface area contributed by atoms with E-state index in [1.54, 1.807) is 29.3 Å². The van der Waals surface area contributed by atoms with E-state index in [4.69, 9.17) is 0 Å². The van der Waals surface area contributed by atoms with Crippen LogP contribution in [0, 0.1) is 0 Å². The molecule has 5 nitrogen and oxygen atoms in total. The number of nitrogens with zero attached hydrogens (tertiary/aromatic N) is 2. The molecule has 2 aromatic rings. The Bertz CT molecular complexity index is 788. The highest BCUT2D eigenvalue weighted by Crippen LogP contribution is 2.30. The van der Waals surface area contributed by atoms with Crippen LogP contribution >= 0.6 is 0 Å². The summed E-state index contributed by atoms with van der Waals surface area (Å²) >= 11 is 0. The predicted octanol–water partition coefficient (Wildman–Crippen LogP) is 4.35. The van der Waals surface area contributed by atoms with Crippen molar-refractivity contribution >= 4 is 17.5 Å². The fourth-order valence-electron chi connectivity index (χ4n) is 3.82. The van der Waals surface area contributed by atoms with Crippen molar-refractivity contribution in [3.05, 3.63) is 60.4 Å². The molecule has 0 bridgehead atoms. The van der Waals surface area contributed by atoms with Crippen molar-refractivity contribution in [1.82, 2.24) is 10.3 Å². The zero-order valence-corrected chi connectivity index (χ0v) is 16.7. The highest BCUT2D eigenvalue weighted by Gasteiger charge is 2.43. The Balaban J connectivity index is 1.96. The number of carbonyl (C=O) groups is 2. The van der Waals surface area contributed by atoms with Gasteiger partial charge < -0.3 is 5.32 Å². The SMILES string of the molecule is CC[C@](C)(C(=O)NC1CCCCC1)N(C(=O)c1ccccn1)c1ccccc1. The van der Waals surface area contributed by atoms with Crippen molar-refractivity contribution in [3.63, 3.8) is 0 Å². The summed E-state index contributed by atoms with van der Waals surface area (Å²) in [5.74, 6) is -0.370. The van der Waals surface area contributed by atoms with Gasteiger partial charge in [-0.25, -0.2) is 0 Å². The minimum Gasteiger partial charge on any atom is -0.351 e. The van der Waals surface area contributed by atoms with E-state index in [9.17, 15) is 9.59 Å². The zero-order valence-electron chi connectivity index (χ0n) is 16.7. The quantitative estimate of drug-likeness (QED) is 0.812. The van der Waals surface area contributed by atoms with E-state index in [0.29, 0.717) is 17.8 Å². The van der Waals surface area contributed by atoms with Crippen LogP contribution in [0.1, 0.15) is 62.9 Å². The predicted molar refractivity (Wildman–Crippen MR) is 111 cm³/mol. The van der Waals surface area contributed by atoms with Crippen LogP contribution in [-0.2, 0) is 4.79 Å². The van der Waals surface area contributed by atoms with Gasteiger partial charge in [-0.2, -0.15) is 0 Å². The standard InChI is InChI=1S/C23H29N3O2/c1-3-23(2,22(28)25-18-12-6-4-7-13-18)26(19-14-8-5-9-15-19)21(27)20-16-10-11-17-24-20/h5,8-11,14-18H,3-4,6-7,12-13H2,1-2H3,(H,25,28)/t23-/m1/s1. The molecule has 2 amide bonds. The van der Waals surface area contributed by atoms with Gasteiger partial charge in [0, 0.05) is 17.9 Å². The number of aromatic nitrogens is 1. The second-order valence-corrected chi connectivity index (χ2v) is 7.63. The van der Waals surface area contributed by atoms with Crippen molar-refractivity contribution in [2.75, 3.05) is 4.90 Å². The number of amides is 2. The first-order valence-electron chi connectivity index (χ1n) is 10.2. The number of benzene rings is 1. The monoisotopic (exact) mass is 379 g/mol. The number of hydrogen-bond acceptors (Lipinski definition) is 3. The number of nitrogens with one attached hydrogen (secondary N) is 1. The van der Waals surface area contributed by atoms with Gasteiger partial charge in [-0.1, -0.05) is 50.5 Å². The first-order chi connectivity index (χ1) is 13.6. The average molecular weight is 380 g/mol. The number of para-hydroxylation sites is 1. The van der Waals surface area contributed by atoms with Gasteiger partial charge in [-0.15, -0.1) is 0 Å². The Labute approximate surface area is 167 Å². The third kappa shape index (κ3) is 4.24. The van der Waals surface area contributed by atoms with E-state index < -0.39 is 5.54 Å². The smallest absolute Gasteiger partial charge is 0.277 e. The first-order valence-corrected chi connectivity index (χ1v) is 10.2. The maximum atomic E-state index is 13.4. The molecule has 28 heavy (non-hydrogen) atoms. The second kappa shape index (κ2) is 9.00. The molecule has 1 heterocycles. The molecular weight excluding hydrogens is 350 g/mol. The Hall–Kier alpha value is -2.69. The highest BCUT2D eigenvalue weighted by molar-refractivity contribution is 6.10. The summed E-state index contributed by atoms with van der Waals surface area (Å²) in [7, 11) is 0. The lowest BCUT2D eigenvalue weighted by molar-refractivity contribution is -0.126. The molecule has 148 valence electrons. The number of pyridine rings is 1. The van der Waals surface area contributed by atoms with Crippen molar-refractivity contribution < 1.29 is 9.59 Å². The second-order valence-electron chi connectivity index (χ2n) is 7.63. The Morgan fingerprint density at radius 3 is 2.36 bits per heavy atom. The molecule has 5 heteroatoms. The third-order valence-corrected chi connectivity index (χ3v) is 5.71. The van der Waals surface area contributed by atoms with Gasteiger partial charge in [-0.05, 0) is 50.5 Å². The number of carbonyl (C=O) groups excluding carboxylic acids is 2. The molecule has 0 aliphatic heterocycles. The van der Waals surface area contributed by atoms with Gasteiger partial charge in [0.2, 0.25) is 5.91 Å². The van der Waals surface area contributed by atoms with E-state index >= 15 is 0 Å². The van der Waals surface area contributed by atoms with Gasteiger partial charge in [-0.3, -0.25) is 19.5 Å². The van der Waals surface area contributed by atoms with E-state index in [0.717, 1.165) is 25.7 Å². The summed E-state index contributed by atoms with van der Waals surface area (Å²) in [4.78, 5) is 32.6. The van der Waals surface area contributed by atoms with Crippen molar-refractivity contribution in [2.45, 2.75) is 64.0 Å². The lowest BCUT2D eigenvalue weighted by Crippen LogP contribution is -2.60. The Morgan fingerprint density at radius 1 is 1.07 bits per heavy atom. The largest absolute Gasteiger partial charge is 0.351 e. The molecule has 1 aliphatic rings.